The Hall–Kier alpha value is -1.26. The maximum absolute atomic E-state index is 11.6. The standard InChI is InChI=1S/C12H15NO3.ClH/c1-16-12(15)11-7-13-6-10(11)8-2-4-9(14)5-3-8;/h2-5,10-11,13-14H,6-7H2,1H3;1H/t10-,11+;/m0./s1. The van der Waals surface area contributed by atoms with Crippen LogP contribution in [0.4, 0.5) is 0 Å². The van der Waals surface area contributed by atoms with Gasteiger partial charge in [0.2, 0.25) is 0 Å². The normalized spacial score (nSPS) is 22.9. The van der Waals surface area contributed by atoms with E-state index in [1.807, 2.05) is 12.1 Å². The van der Waals surface area contributed by atoms with Crippen molar-refractivity contribution in [1.29, 1.82) is 0 Å². The van der Waals surface area contributed by atoms with E-state index in [9.17, 15) is 9.90 Å². The van der Waals surface area contributed by atoms with Crippen molar-refractivity contribution in [3.05, 3.63) is 29.8 Å². The quantitative estimate of drug-likeness (QED) is 0.784. The molecule has 94 valence electrons. The number of methoxy groups -OCH3 is 1. The summed E-state index contributed by atoms with van der Waals surface area (Å²) in [5, 5.41) is 12.4. The topological polar surface area (TPSA) is 58.6 Å². The summed E-state index contributed by atoms with van der Waals surface area (Å²) in [6.45, 7) is 1.42. The Kier molecular flexibility index (Phi) is 4.78. The average Bonchev–Trinajstić information content (AvgIpc) is 2.78. The predicted octanol–water partition coefficient (Wildman–Crippen LogP) is 1.29. The molecule has 0 saturated carbocycles. The van der Waals surface area contributed by atoms with Crippen LogP contribution in [-0.4, -0.2) is 31.3 Å². The van der Waals surface area contributed by atoms with E-state index in [4.69, 9.17) is 4.74 Å². The molecule has 17 heavy (non-hydrogen) atoms. The summed E-state index contributed by atoms with van der Waals surface area (Å²) in [6.07, 6.45) is 0. The number of rotatable bonds is 2. The lowest BCUT2D eigenvalue weighted by Crippen LogP contribution is -2.22. The second-order valence-corrected chi connectivity index (χ2v) is 3.99. The fourth-order valence-electron chi connectivity index (χ4n) is 2.15. The van der Waals surface area contributed by atoms with Gasteiger partial charge in [0.15, 0.2) is 0 Å². The lowest BCUT2D eigenvalue weighted by Gasteiger charge is -2.16. The van der Waals surface area contributed by atoms with Crippen LogP contribution >= 0.6 is 12.4 Å². The molecular weight excluding hydrogens is 242 g/mol. The minimum absolute atomic E-state index is 0. The van der Waals surface area contributed by atoms with Crippen LogP contribution in [0.25, 0.3) is 0 Å². The summed E-state index contributed by atoms with van der Waals surface area (Å²) in [6, 6.07) is 6.98. The van der Waals surface area contributed by atoms with Crippen LogP contribution in [0.3, 0.4) is 0 Å². The Labute approximate surface area is 106 Å². The van der Waals surface area contributed by atoms with Crippen molar-refractivity contribution in [3.8, 4) is 5.75 Å². The monoisotopic (exact) mass is 257 g/mol. The molecular formula is C12H16ClNO3. The number of aromatic hydroxyl groups is 1. The number of nitrogens with one attached hydrogen (secondary N) is 1. The van der Waals surface area contributed by atoms with Crippen LogP contribution in [0.15, 0.2) is 24.3 Å². The Morgan fingerprint density at radius 3 is 2.59 bits per heavy atom. The van der Waals surface area contributed by atoms with Crippen LogP contribution in [-0.2, 0) is 9.53 Å². The first-order valence-electron chi connectivity index (χ1n) is 5.30. The van der Waals surface area contributed by atoms with Crippen LogP contribution < -0.4 is 5.32 Å². The van der Waals surface area contributed by atoms with Crippen molar-refractivity contribution >= 4 is 18.4 Å². The van der Waals surface area contributed by atoms with Crippen LogP contribution in [0.1, 0.15) is 11.5 Å². The molecule has 5 heteroatoms. The maximum atomic E-state index is 11.6. The third-order valence-corrected chi connectivity index (χ3v) is 3.04. The molecule has 4 nitrogen and oxygen atoms in total. The molecule has 1 heterocycles. The SMILES string of the molecule is COC(=O)[C@@H]1CNC[C@H]1c1ccc(O)cc1.Cl. The first-order valence-corrected chi connectivity index (χ1v) is 5.30. The number of esters is 1. The van der Waals surface area contributed by atoms with E-state index in [0.29, 0.717) is 6.54 Å². The molecule has 2 atom stereocenters. The van der Waals surface area contributed by atoms with Gasteiger partial charge in [-0.25, -0.2) is 0 Å². The summed E-state index contributed by atoms with van der Waals surface area (Å²) in [7, 11) is 1.41. The molecule has 1 fully saturated rings. The van der Waals surface area contributed by atoms with E-state index in [0.717, 1.165) is 12.1 Å². The molecule has 0 amide bonds. The summed E-state index contributed by atoms with van der Waals surface area (Å²) in [5.74, 6) is 0.0648. The summed E-state index contributed by atoms with van der Waals surface area (Å²) < 4.78 is 4.78. The van der Waals surface area contributed by atoms with Crippen LogP contribution in [0.5, 0.6) is 5.75 Å². The zero-order valence-electron chi connectivity index (χ0n) is 9.55. The van der Waals surface area contributed by atoms with Gasteiger partial charge < -0.3 is 15.2 Å². The smallest absolute Gasteiger partial charge is 0.310 e. The first kappa shape index (κ1) is 13.8. The van der Waals surface area contributed by atoms with Gasteiger partial charge in [-0.05, 0) is 17.7 Å². The molecule has 1 aromatic carbocycles. The van der Waals surface area contributed by atoms with Crippen molar-refractivity contribution < 1.29 is 14.6 Å². The molecule has 1 aliphatic rings. The summed E-state index contributed by atoms with van der Waals surface area (Å²) in [4.78, 5) is 11.6. The number of carbonyl (C=O) groups is 1. The predicted molar refractivity (Wildman–Crippen MR) is 66.5 cm³/mol. The number of benzene rings is 1. The number of hydrogen-bond donors (Lipinski definition) is 2. The van der Waals surface area contributed by atoms with Crippen LogP contribution in [0.2, 0.25) is 0 Å². The van der Waals surface area contributed by atoms with Crippen molar-refractivity contribution in [1.82, 2.24) is 5.32 Å². The van der Waals surface area contributed by atoms with Crippen LogP contribution in [0, 0.1) is 5.92 Å². The molecule has 0 spiro atoms. The minimum atomic E-state index is -0.178. The molecule has 0 bridgehead atoms. The second kappa shape index (κ2) is 5.89. The van der Waals surface area contributed by atoms with Gasteiger partial charge in [-0.2, -0.15) is 0 Å². The zero-order chi connectivity index (χ0) is 11.5. The van der Waals surface area contributed by atoms with Crippen molar-refractivity contribution in [3.63, 3.8) is 0 Å². The molecule has 0 unspecified atom stereocenters. The number of halogens is 1. The molecule has 0 aromatic heterocycles. The van der Waals surface area contributed by atoms with E-state index in [-0.39, 0.29) is 36.0 Å². The second-order valence-electron chi connectivity index (χ2n) is 3.99. The van der Waals surface area contributed by atoms with Gasteiger partial charge >= 0.3 is 5.97 Å². The lowest BCUT2D eigenvalue weighted by molar-refractivity contribution is -0.145. The van der Waals surface area contributed by atoms with Gasteiger partial charge in [0.05, 0.1) is 13.0 Å². The molecule has 1 aliphatic heterocycles. The van der Waals surface area contributed by atoms with E-state index in [1.165, 1.54) is 7.11 Å². The molecule has 1 aromatic rings. The van der Waals surface area contributed by atoms with Gasteiger partial charge in [-0.1, -0.05) is 12.1 Å². The third kappa shape index (κ3) is 2.90. The van der Waals surface area contributed by atoms with E-state index in [2.05, 4.69) is 5.32 Å². The van der Waals surface area contributed by atoms with E-state index in [1.54, 1.807) is 12.1 Å². The maximum Gasteiger partial charge on any atom is 0.310 e. The van der Waals surface area contributed by atoms with Gasteiger partial charge in [-0.15, -0.1) is 12.4 Å². The Morgan fingerprint density at radius 2 is 2.00 bits per heavy atom. The fourth-order valence-corrected chi connectivity index (χ4v) is 2.15. The number of phenols is 1. The molecule has 1 saturated heterocycles. The fraction of sp³-hybridized carbons (Fsp3) is 0.417. The number of phenolic OH excluding ortho intramolecular Hbond substituents is 1. The molecule has 0 radical (unpaired) electrons. The first-order chi connectivity index (χ1) is 7.72. The van der Waals surface area contributed by atoms with Gasteiger partial charge in [0.25, 0.3) is 0 Å². The number of carbonyl (C=O) groups excluding carboxylic acids is 1. The number of ether oxygens (including phenoxy) is 1. The molecule has 2 N–H and O–H groups in total. The highest BCUT2D eigenvalue weighted by Gasteiger charge is 2.34. The Balaban J connectivity index is 0.00000144. The van der Waals surface area contributed by atoms with Gasteiger partial charge in [-0.3, -0.25) is 4.79 Å². The largest absolute Gasteiger partial charge is 0.508 e. The minimum Gasteiger partial charge on any atom is -0.508 e. The Bertz CT molecular complexity index is 380. The van der Waals surface area contributed by atoms with E-state index >= 15 is 0 Å². The number of hydrogen-bond acceptors (Lipinski definition) is 4. The lowest BCUT2D eigenvalue weighted by atomic mass is 9.89. The van der Waals surface area contributed by atoms with Crippen molar-refractivity contribution in [2.24, 2.45) is 5.92 Å². The summed E-state index contributed by atoms with van der Waals surface area (Å²) in [5.41, 5.74) is 1.05. The van der Waals surface area contributed by atoms with E-state index < -0.39 is 0 Å². The highest BCUT2D eigenvalue weighted by molar-refractivity contribution is 5.85. The van der Waals surface area contributed by atoms with Crippen molar-refractivity contribution in [2.75, 3.05) is 20.2 Å². The summed E-state index contributed by atoms with van der Waals surface area (Å²) >= 11 is 0. The van der Waals surface area contributed by atoms with Gasteiger partial charge in [0, 0.05) is 19.0 Å². The van der Waals surface area contributed by atoms with Gasteiger partial charge in [0.1, 0.15) is 5.75 Å². The average molecular weight is 258 g/mol. The van der Waals surface area contributed by atoms with Crippen molar-refractivity contribution in [2.45, 2.75) is 5.92 Å². The highest BCUT2D eigenvalue weighted by Crippen LogP contribution is 2.29. The highest BCUT2D eigenvalue weighted by atomic mass is 35.5. The Morgan fingerprint density at radius 1 is 1.35 bits per heavy atom. The molecule has 0 aliphatic carbocycles. The zero-order valence-corrected chi connectivity index (χ0v) is 10.4. The molecule has 2 rings (SSSR count). The third-order valence-electron chi connectivity index (χ3n) is 3.04.